The van der Waals surface area contributed by atoms with Gasteiger partial charge in [0, 0.05) is 32.8 Å². The summed E-state index contributed by atoms with van der Waals surface area (Å²) in [5.74, 6) is -0.232. The molecule has 0 aliphatic carbocycles. The van der Waals surface area contributed by atoms with Gasteiger partial charge < -0.3 is 15.0 Å². The van der Waals surface area contributed by atoms with E-state index in [0.717, 1.165) is 31.0 Å². The van der Waals surface area contributed by atoms with Crippen molar-refractivity contribution in [3.05, 3.63) is 22.4 Å². The van der Waals surface area contributed by atoms with Crippen LogP contribution in [-0.4, -0.2) is 33.4 Å². The fraction of sp³-hybridized carbons (Fsp3) is 0.455. The summed E-state index contributed by atoms with van der Waals surface area (Å²) in [5.41, 5.74) is 1.87. The number of halogens is 2. The Bertz CT molecular complexity index is 386. The minimum absolute atomic E-state index is 0.232. The molecule has 5 heteroatoms. The van der Waals surface area contributed by atoms with E-state index in [1.54, 1.807) is 19.2 Å². The minimum Gasteiger partial charge on any atom is -0.383 e. The molecule has 0 fully saturated rings. The zero-order valence-electron chi connectivity index (χ0n) is 9.09. The third-order valence-corrected chi connectivity index (χ3v) is 3.25. The molecule has 1 N–H and O–H groups in total. The second-order valence-electron chi connectivity index (χ2n) is 3.69. The molecule has 1 aliphatic heterocycles. The first-order valence-electron chi connectivity index (χ1n) is 5.19. The van der Waals surface area contributed by atoms with Crippen LogP contribution in [0.15, 0.2) is 16.6 Å². The molecule has 0 saturated heterocycles. The van der Waals surface area contributed by atoms with Gasteiger partial charge in [-0.15, -0.1) is 0 Å². The van der Waals surface area contributed by atoms with Gasteiger partial charge in [0.2, 0.25) is 0 Å². The maximum atomic E-state index is 13.5. The summed E-state index contributed by atoms with van der Waals surface area (Å²) in [4.78, 5) is 2.13. The molecule has 0 aromatic heterocycles. The van der Waals surface area contributed by atoms with Crippen molar-refractivity contribution in [3.8, 4) is 0 Å². The fourth-order valence-electron chi connectivity index (χ4n) is 1.82. The highest BCUT2D eigenvalue weighted by Gasteiger charge is 2.18. The van der Waals surface area contributed by atoms with Crippen molar-refractivity contribution in [2.45, 2.75) is 0 Å². The third kappa shape index (κ3) is 2.30. The molecule has 1 heterocycles. The van der Waals surface area contributed by atoms with Crippen LogP contribution in [0.2, 0.25) is 0 Å². The number of hydrogen-bond acceptors (Lipinski definition) is 3. The quantitative estimate of drug-likeness (QED) is 0.925. The second-order valence-corrected chi connectivity index (χ2v) is 4.54. The summed E-state index contributed by atoms with van der Waals surface area (Å²) in [5, 5.41) is 3.26. The van der Waals surface area contributed by atoms with Gasteiger partial charge in [0.15, 0.2) is 0 Å². The first-order valence-corrected chi connectivity index (χ1v) is 5.98. The molecule has 1 aromatic rings. The number of nitrogens with one attached hydrogen (secondary N) is 1. The molecule has 0 bridgehead atoms. The third-order valence-electron chi connectivity index (χ3n) is 2.64. The summed E-state index contributed by atoms with van der Waals surface area (Å²) in [6, 6.07) is 3.34. The van der Waals surface area contributed by atoms with E-state index in [0.29, 0.717) is 11.1 Å². The Balaban J connectivity index is 2.27. The number of nitrogens with zero attached hydrogens (tertiary/aromatic N) is 1. The van der Waals surface area contributed by atoms with Crippen molar-refractivity contribution in [1.29, 1.82) is 0 Å². The van der Waals surface area contributed by atoms with Crippen LogP contribution >= 0.6 is 15.9 Å². The Kier molecular flexibility index (Phi) is 3.66. The second kappa shape index (κ2) is 5.01. The molecule has 88 valence electrons. The average Bonchev–Trinajstić information content (AvgIpc) is 2.28. The predicted molar refractivity (Wildman–Crippen MR) is 66.7 cm³/mol. The highest BCUT2D eigenvalue weighted by molar-refractivity contribution is 9.10. The Morgan fingerprint density at radius 3 is 3.12 bits per heavy atom. The fourth-order valence-corrected chi connectivity index (χ4v) is 2.16. The highest BCUT2D eigenvalue weighted by atomic mass is 79.9. The van der Waals surface area contributed by atoms with Crippen LogP contribution in [0.1, 0.15) is 0 Å². The lowest BCUT2D eigenvalue weighted by atomic mass is 10.2. The van der Waals surface area contributed by atoms with Gasteiger partial charge in [0.25, 0.3) is 0 Å². The predicted octanol–water partition coefficient (Wildman–Crippen LogP) is 2.47. The Hall–Kier alpha value is -0.810. The van der Waals surface area contributed by atoms with Crippen LogP contribution < -0.4 is 10.2 Å². The van der Waals surface area contributed by atoms with E-state index < -0.39 is 0 Å². The first kappa shape index (κ1) is 11.7. The normalized spacial score (nSPS) is 14.6. The topological polar surface area (TPSA) is 24.5 Å². The number of fused-ring (bicyclic) bond motifs is 1. The number of benzene rings is 1. The maximum absolute atomic E-state index is 13.5. The molecule has 2 rings (SSSR count). The molecule has 1 aliphatic rings. The van der Waals surface area contributed by atoms with E-state index in [1.165, 1.54) is 0 Å². The molecule has 0 spiro atoms. The molecule has 0 radical (unpaired) electrons. The van der Waals surface area contributed by atoms with Crippen molar-refractivity contribution in [1.82, 2.24) is 0 Å². The number of hydrogen-bond donors (Lipinski definition) is 1. The Labute approximate surface area is 103 Å². The van der Waals surface area contributed by atoms with Crippen LogP contribution in [0.4, 0.5) is 15.8 Å². The molecule has 0 saturated carbocycles. The van der Waals surface area contributed by atoms with Crippen LogP contribution in [0.5, 0.6) is 0 Å². The van der Waals surface area contributed by atoms with Crippen molar-refractivity contribution < 1.29 is 9.13 Å². The summed E-state index contributed by atoms with van der Waals surface area (Å²) < 4.78 is 19.0. The SMILES string of the molecule is COCCN1CCNc2cc(Br)c(F)cc21. The number of rotatable bonds is 3. The summed E-state index contributed by atoms with van der Waals surface area (Å²) in [7, 11) is 1.67. The smallest absolute Gasteiger partial charge is 0.139 e. The van der Waals surface area contributed by atoms with Crippen molar-refractivity contribution in [2.75, 3.05) is 43.6 Å². The van der Waals surface area contributed by atoms with Gasteiger partial charge in [-0.3, -0.25) is 0 Å². The van der Waals surface area contributed by atoms with E-state index in [1.807, 2.05) is 0 Å². The van der Waals surface area contributed by atoms with Crippen LogP contribution in [0, 0.1) is 5.82 Å². The summed E-state index contributed by atoms with van der Waals surface area (Å²) >= 11 is 3.19. The molecule has 0 atom stereocenters. The number of ether oxygens (including phenoxy) is 1. The molecule has 16 heavy (non-hydrogen) atoms. The van der Waals surface area contributed by atoms with E-state index in [-0.39, 0.29) is 5.82 Å². The number of methoxy groups -OCH3 is 1. The molecular weight excluding hydrogens is 275 g/mol. The Morgan fingerprint density at radius 2 is 2.38 bits per heavy atom. The standard InChI is InChI=1S/C11H14BrFN2O/c1-16-5-4-15-3-2-14-10-6-8(12)9(13)7-11(10)15/h6-7,14H,2-5H2,1H3. The molecule has 1 aromatic carbocycles. The number of anilines is 2. The van der Waals surface area contributed by atoms with Crippen molar-refractivity contribution in [2.24, 2.45) is 0 Å². The molecule has 0 unspecified atom stereocenters. The van der Waals surface area contributed by atoms with Gasteiger partial charge in [0.05, 0.1) is 22.5 Å². The monoisotopic (exact) mass is 288 g/mol. The van der Waals surface area contributed by atoms with Gasteiger partial charge in [-0.05, 0) is 22.0 Å². The van der Waals surface area contributed by atoms with Gasteiger partial charge in [-0.25, -0.2) is 4.39 Å². The molecule has 0 amide bonds. The van der Waals surface area contributed by atoms with Crippen molar-refractivity contribution >= 4 is 27.3 Å². The summed E-state index contributed by atoms with van der Waals surface area (Å²) in [6.07, 6.45) is 0. The van der Waals surface area contributed by atoms with Crippen LogP contribution in [-0.2, 0) is 4.74 Å². The molecular formula is C11H14BrFN2O. The lowest BCUT2D eigenvalue weighted by molar-refractivity contribution is 0.205. The largest absolute Gasteiger partial charge is 0.383 e. The Morgan fingerprint density at radius 1 is 1.56 bits per heavy atom. The zero-order valence-corrected chi connectivity index (χ0v) is 10.7. The van der Waals surface area contributed by atoms with E-state index >= 15 is 0 Å². The summed E-state index contributed by atoms with van der Waals surface area (Å²) in [6.45, 7) is 3.18. The molecule has 3 nitrogen and oxygen atoms in total. The van der Waals surface area contributed by atoms with Gasteiger partial charge in [-0.1, -0.05) is 0 Å². The van der Waals surface area contributed by atoms with Gasteiger partial charge in [0.1, 0.15) is 5.82 Å². The average molecular weight is 289 g/mol. The lowest BCUT2D eigenvalue weighted by Crippen LogP contribution is -2.36. The first-order chi connectivity index (χ1) is 7.72. The van der Waals surface area contributed by atoms with E-state index in [2.05, 4.69) is 26.1 Å². The van der Waals surface area contributed by atoms with Gasteiger partial charge in [-0.2, -0.15) is 0 Å². The van der Waals surface area contributed by atoms with E-state index in [9.17, 15) is 4.39 Å². The van der Waals surface area contributed by atoms with Crippen LogP contribution in [0.25, 0.3) is 0 Å². The van der Waals surface area contributed by atoms with Crippen LogP contribution in [0.3, 0.4) is 0 Å². The maximum Gasteiger partial charge on any atom is 0.139 e. The van der Waals surface area contributed by atoms with Gasteiger partial charge >= 0.3 is 0 Å². The van der Waals surface area contributed by atoms with Crippen molar-refractivity contribution in [3.63, 3.8) is 0 Å². The lowest BCUT2D eigenvalue weighted by Gasteiger charge is -2.32. The highest BCUT2D eigenvalue weighted by Crippen LogP contribution is 2.33. The zero-order chi connectivity index (χ0) is 11.5. The minimum atomic E-state index is -0.232. The van der Waals surface area contributed by atoms with E-state index in [4.69, 9.17) is 4.74 Å².